The van der Waals surface area contributed by atoms with Crippen molar-refractivity contribution in [1.29, 1.82) is 0 Å². The predicted octanol–water partition coefficient (Wildman–Crippen LogP) is 4.20. The number of nitrogens with one attached hydrogen (secondary N) is 1. The molecule has 4 rings (SSSR count). The van der Waals surface area contributed by atoms with Gasteiger partial charge in [-0.3, -0.25) is 14.2 Å². The van der Waals surface area contributed by atoms with Gasteiger partial charge in [0.25, 0.3) is 5.56 Å². The van der Waals surface area contributed by atoms with E-state index >= 15 is 0 Å². The molecule has 1 amide bonds. The van der Waals surface area contributed by atoms with Crippen LogP contribution < -0.4 is 10.9 Å². The SMILES string of the molecule is CCCCN1CCC(NC(=O)CCn2cnc3scc(-c4ccc(C)cc4)c3c2=O)CC1. The highest BCUT2D eigenvalue weighted by Gasteiger charge is 2.20. The van der Waals surface area contributed by atoms with Gasteiger partial charge in [-0.15, -0.1) is 11.3 Å². The molecule has 1 N–H and O–H groups in total. The van der Waals surface area contributed by atoms with Crippen LogP contribution in [0, 0.1) is 6.92 Å². The van der Waals surface area contributed by atoms with E-state index in [4.69, 9.17) is 0 Å². The standard InChI is InChI=1S/C25H32N4O2S/c1-3-4-12-28-13-9-20(10-14-28)27-22(30)11-15-29-17-26-24-23(25(29)31)21(16-32-24)19-7-5-18(2)6-8-19/h5-8,16-17,20H,3-4,9-15H2,1-2H3,(H,27,30). The van der Waals surface area contributed by atoms with Gasteiger partial charge in [0.2, 0.25) is 5.91 Å². The first kappa shape index (κ1) is 22.7. The summed E-state index contributed by atoms with van der Waals surface area (Å²) in [4.78, 5) is 33.4. The smallest absolute Gasteiger partial charge is 0.262 e. The monoisotopic (exact) mass is 452 g/mol. The number of rotatable bonds is 8. The van der Waals surface area contributed by atoms with Gasteiger partial charge < -0.3 is 10.2 Å². The number of fused-ring (bicyclic) bond motifs is 1. The van der Waals surface area contributed by atoms with Gasteiger partial charge in [0.15, 0.2) is 0 Å². The molecule has 0 radical (unpaired) electrons. The number of benzene rings is 1. The van der Waals surface area contributed by atoms with E-state index in [1.165, 1.54) is 29.7 Å². The van der Waals surface area contributed by atoms with Gasteiger partial charge in [0.05, 0.1) is 11.7 Å². The second-order valence-electron chi connectivity index (χ2n) is 8.73. The van der Waals surface area contributed by atoms with Crippen LogP contribution in [-0.2, 0) is 11.3 Å². The Balaban J connectivity index is 1.38. The van der Waals surface area contributed by atoms with Crippen LogP contribution in [0.3, 0.4) is 0 Å². The third-order valence-corrected chi connectivity index (χ3v) is 7.17. The highest BCUT2D eigenvalue weighted by atomic mass is 32.1. The summed E-state index contributed by atoms with van der Waals surface area (Å²) in [6, 6.07) is 8.41. The number of unbranched alkanes of at least 4 members (excludes halogenated alkanes) is 1. The molecule has 32 heavy (non-hydrogen) atoms. The highest BCUT2D eigenvalue weighted by molar-refractivity contribution is 7.17. The number of piperidine rings is 1. The fraction of sp³-hybridized carbons (Fsp3) is 0.480. The van der Waals surface area contributed by atoms with Gasteiger partial charge >= 0.3 is 0 Å². The number of nitrogens with zero attached hydrogens (tertiary/aromatic N) is 3. The average Bonchev–Trinajstić information content (AvgIpc) is 3.24. The molecule has 0 spiro atoms. The average molecular weight is 453 g/mol. The molecule has 2 aromatic heterocycles. The Labute approximate surface area is 193 Å². The number of hydrogen-bond donors (Lipinski definition) is 1. The van der Waals surface area contributed by atoms with Gasteiger partial charge in [0.1, 0.15) is 4.83 Å². The lowest BCUT2D eigenvalue weighted by Gasteiger charge is -2.32. The number of hydrogen-bond acceptors (Lipinski definition) is 5. The molecule has 170 valence electrons. The van der Waals surface area contributed by atoms with Crippen LogP contribution in [-0.4, -0.2) is 46.0 Å². The molecule has 0 unspecified atom stereocenters. The predicted molar refractivity (Wildman–Crippen MR) is 131 cm³/mol. The van der Waals surface area contributed by atoms with Crippen LogP contribution in [0.1, 0.15) is 44.6 Å². The molecule has 0 atom stereocenters. The van der Waals surface area contributed by atoms with E-state index in [0.29, 0.717) is 11.9 Å². The molecular formula is C25H32N4O2S. The molecule has 3 aromatic rings. The number of carbonyl (C=O) groups is 1. The summed E-state index contributed by atoms with van der Waals surface area (Å²) in [6.07, 6.45) is 6.30. The van der Waals surface area contributed by atoms with Crippen molar-refractivity contribution >= 4 is 27.5 Å². The maximum absolute atomic E-state index is 13.2. The maximum Gasteiger partial charge on any atom is 0.262 e. The van der Waals surface area contributed by atoms with Gasteiger partial charge in [0, 0.05) is 43.0 Å². The van der Waals surface area contributed by atoms with Gasteiger partial charge in [-0.05, 0) is 38.3 Å². The Bertz CT molecular complexity index is 1110. The zero-order chi connectivity index (χ0) is 22.5. The molecule has 7 heteroatoms. The summed E-state index contributed by atoms with van der Waals surface area (Å²) in [7, 11) is 0. The Morgan fingerprint density at radius 3 is 2.66 bits per heavy atom. The topological polar surface area (TPSA) is 67.2 Å². The van der Waals surface area contributed by atoms with Crippen LogP contribution >= 0.6 is 11.3 Å². The Kier molecular flexibility index (Phi) is 7.37. The minimum absolute atomic E-state index is 0.00748. The van der Waals surface area contributed by atoms with Crippen molar-refractivity contribution in [2.75, 3.05) is 19.6 Å². The molecular weight excluding hydrogens is 420 g/mol. The Morgan fingerprint density at radius 1 is 1.19 bits per heavy atom. The number of thiophene rings is 1. The lowest BCUT2D eigenvalue weighted by atomic mass is 10.0. The normalized spacial score (nSPS) is 15.3. The van der Waals surface area contributed by atoms with Crippen molar-refractivity contribution in [2.24, 2.45) is 0 Å². The van der Waals surface area contributed by atoms with Gasteiger partial charge in [-0.25, -0.2) is 4.98 Å². The van der Waals surface area contributed by atoms with Crippen molar-refractivity contribution in [3.05, 3.63) is 51.9 Å². The largest absolute Gasteiger partial charge is 0.353 e. The van der Waals surface area contributed by atoms with Crippen molar-refractivity contribution in [3.8, 4) is 11.1 Å². The fourth-order valence-electron chi connectivity index (χ4n) is 4.28. The molecule has 1 fully saturated rings. The molecule has 1 aliphatic heterocycles. The van der Waals surface area contributed by atoms with Crippen molar-refractivity contribution in [1.82, 2.24) is 19.8 Å². The number of aryl methyl sites for hydroxylation is 2. The first-order valence-electron chi connectivity index (χ1n) is 11.6. The fourth-order valence-corrected chi connectivity index (χ4v) is 5.18. The van der Waals surface area contributed by atoms with Crippen LogP contribution in [0.15, 0.2) is 40.8 Å². The second-order valence-corrected chi connectivity index (χ2v) is 9.58. The molecule has 6 nitrogen and oxygen atoms in total. The number of carbonyl (C=O) groups excluding carboxylic acids is 1. The molecule has 3 heterocycles. The number of amides is 1. The third kappa shape index (κ3) is 5.27. The summed E-state index contributed by atoms with van der Waals surface area (Å²) in [5, 5.41) is 5.79. The van der Waals surface area contributed by atoms with E-state index in [-0.39, 0.29) is 23.9 Å². The molecule has 0 bridgehead atoms. The van der Waals surface area contributed by atoms with Crippen molar-refractivity contribution in [3.63, 3.8) is 0 Å². The van der Waals surface area contributed by atoms with Crippen LogP contribution in [0.5, 0.6) is 0 Å². The quantitative estimate of drug-likeness (QED) is 0.556. The van der Waals surface area contributed by atoms with Gasteiger partial charge in [-0.1, -0.05) is 43.2 Å². The molecule has 1 saturated heterocycles. The highest BCUT2D eigenvalue weighted by Crippen LogP contribution is 2.30. The Hall–Kier alpha value is -2.51. The van der Waals surface area contributed by atoms with Crippen molar-refractivity contribution in [2.45, 2.75) is 58.5 Å². The van der Waals surface area contributed by atoms with Crippen LogP contribution in [0.2, 0.25) is 0 Å². The third-order valence-electron chi connectivity index (χ3n) is 6.28. The molecule has 1 aliphatic rings. The van der Waals surface area contributed by atoms with E-state index in [1.54, 1.807) is 10.9 Å². The summed E-state index contributed by atoms with van der Waals surface area (Å²) in [6.45, 7) is 7.85. The van der Waals surface area contributed by atoms with E-state index in [0.717, 1.165) is 48.4 Å². The summed E-state index contributed by atoms with van der Waals surface area (Å²) in [5.74, 6) is 0.00748. The number of likely N-dealkylation sites (tertiary alicyclic amines) is 1. The second kappa shape index (κ2) is 10.4. The lowest BCUT2D eigenvalue weighted by molar-refractivity contribution is -0.122. The molecule has 1 aromatic carbocycles. The van der Waals surface area contributed by atoms with E-state index in [2.05, 4.69) is 22.1 Å². The lowest BCUT2D eigenvalue weighted by Crippen LogP contribution is -2.45. The Morgan fingerprint density at radius 2 is 1.94 bits per heavy atom. The maximum atomic E-state index is 13.2. The van der Waals surface area contributed by atoms with Gasteiger partial charge in [-0.2, -0.15) is 0 Å². The first-order chi connectivity index (χ1) is 15.5. The first-order valence-corrected chi connectivity index (χ1v) is 12.5. The minimum atomic E-state index is -0.0798. The summed E-state index contributed by atoms with van der Waals surface area (Å²) in [5.41, 5.74) is 3.03. The summed E-state index contributed by atoms with van der Waals surface area (Å²) < 4.78 is 1.57. The molecule has 0 saturated carbocycles. The minimum Gasteiger partial charge on any atom is -0.353 e. The van der Waals surface area contributed by atoms with Crippen molar-refractivity contribution < 1.29 is 4.79 Å². The zero-order valence-electron chi connectivity index (χ0n) is 19.0. The van der Waals surface area contributed by atoms with Crippen LogP contribution in [0.4, 0.5) is 0 Å². The van der Waals surface area contributed by atoms with E-state index in [9.17, 15) is 9.59 Å². The molecule has 0 aliphatic carbocycles. The zero-order valence-corrected chi connectivity index (χ0v) is 19.8. The number of aromatic nitrogens is 2. The summed E-state index contributed by atoms with van der Waals surface area (Å²) >= 11 is 1.48. The van der Waals surface area contributed by atoms with Crippen LogP contribution in [0.25, 0.3) is 21.3 Å². The van der Waals surface area contributed by atoms with E-state index < -0.39 is 0 Å². The van der Waals surface area contributed by atoms with E-state index in [1.807, 2.05) is 36.6 Å².